The highest BCUT2D eigenvalue weighted by molar-refractivity contribution is 5.70. The molecule has 0 saturated heterocycles. The van der Waals surface area contributed by atoms with Gasteiger partial charge in [-0.15, -0.1) is 0 Å². The number of aryl methyl sites for hydroxylation is 4. The first-order valence-electron chi connectivity index (χ1n) is 8.48. The summed E-state index contributed by atoms with van der Waals surface area (Å²) in [5.41, 5.74) is 6.98. The van der Waals surface area contributed by atoms with Crippen LogP contribution in [0.5, 0.6) is 0 Å². The zero-order valence-electron chi connectivity index (χ0n) is 15.2. The van der Waals surface area contributed by atoms with Crippen LogP contribution in [0.1, 0.15) is 40.2 Å². The van der Waals surface area contributed by atoms with E-state index in [9.17, 15) is 4.79 Å². The van der Waals surface area contributed by atoms with Gasteiger partial charge in [0.05, 0.1) is 5.69 Å². The van der Waals surface area contributed by atoms with Gasteiger partial charge < -0.3 is 4.74 Å². The molecule has 5 nitrogen and oxygen atoms in total. The van der Waals surface area contributed by atoms with Crippen molar-refractivity contribution in [1.82, 2.24) is 14.6 Å². The van der Waals surface area contributed by atoms with Crippen LogP contribution in [0.3, 0.4) is 0 Å². The number of benzene rings is 1. The molecule has 0 saturated carbocycles. The Kier molecular flexibility index (Phi) is 4.83. The average molecular weight is 337 g/mol. The summed E-state index contributed by atoms with van der Waals surface area (Å²) in [6.07, 6.45) is 0.938. The average Bonchev–Trinajstić information content (AvgIpc) is 2.94. The maximum absolute atomic E-state index is 12.1. The molecule has 0 atom stereocenters. The lowest BCUT2D eigenvalue weighted by Gasteiger charge is -2.11. The molecule has 0 radical (unpaired) electrons. The van der Waals surface area contributed by atoms with Crippen molar-refractivity contribution in [3.8, 4) is 0 Å². The molecule has 3 aromatic rings. The van der Waals surface area contributed by atoms with Crippen LogP contribution in [0.25, 0.3) is 5.65 Å². The van der Waals surface area contributed by atoms with Crippen molar-refractivity contribution >= 4 is 11.6 Å². The summed E-state index contributed by atoms with van der Waals surface area (Å²) in [6, 6.07) is 9.89. The second-order valence-corrected chi connectivity index (χ2v) is 6.40. The molecule has 0 aliphatic rings. The van der Waals surface area contributed by atoms with E-state index in [1.165, 1.54) is 0 Å². The number of carbonyl (C=O) groups excluding carboxylic acids is 1. The highest BCUT2D eigenvalue weighted by Gasteiger charge is 2.13. The Hall–Kier alpha value is -2.69. The number of nitrogens with zero attached hydrogens (tertiary/aromatic N) is 3. The third-order valence-corrected chi connectivity index (χ3v) is 4.52. The molecule has 0 aliphatic heterocycles. The molecule has 0 aliphatic carbocycles. The lowest BCUT2D eigenvalue weighted by Crippen LogP contribution is -2.10. The topological polar surface area (TPSA) is 56.5 Å². The molecule has 3 rings (SSSR count). The maximum Gasteiger partial charge on any atom is 0.306 e. The van der Waals surface area contributed by atoms with Gasteiger partial charge in [0.2, 0.25) is 0 Å². The van der Waals surface area contributed by atoms with Gasteiger partial charge in [0, 0.05) is 23.9 Å². The molecule has 130 valence electrons. The SMILES string of the molecule is Cc1cc2nc(C)c(CCC(=O)OCc3ccccc3C)c(C)n2n1. The Morgan fingerprint density at radius 3 is 2.68 bits per heavy atom. The predicted molar refractivity (Wildman–Crippen MR) is 96.5 cm³/mol. The van der Waals surface area contributed by atoms with Crippen molar-refractivity contribution in [3.63, 3.8) is 0 Å². The highest BCUT2D eigenvalue weighted by Crippen LogP contribution is 2.17. The molecule has 0 N–H and O–H groups in total. The van der Waals surface area contributed by atoms with Crippen molar-refractivity contribution in [2.75, 3.05) is 0 Å². The molecule has 2 heterocycles. The Morgan fingerprint density at radius 2 is 1.92 bits per heavy atom. The first-order chi connectivity index (χ1) is 12.0. The normalized spacial score (nSPS) is 11.0. The minimum atomic E-state index is -0.196. The van der Waals surface area contributed by atoms with E-state index in [-0.39, 0.29) is 5.97 Å². The van der Waals surface area contributed by atoms with E-state index >= 15 is 0 Å². The van der Waals surface area contributed by atoms with Gasteiger partial charge in [-0.05, 0) is 50.8 Å². The molecule has 0 fully saturated rings. The largest absolute Gasteiger partial charge is 0.461 e. The summed E-state index contributed by atoms with van der Waals surface area (Å²) in [5, 5.41) is 4.47. The smallest absolute Gasteiger partial charge is 0.306 e. The summed E-state index contributed by atoms with van der Waals surface area (Å²) in [7, 11) is 0. The fraction of sp³-hybridized carbons (Fsp3) is 0.350. The number of hydrogen-bond acceptors (Lipinski definition) is 4. The summed E-state index contributed by atoms with van der Waals surface area (Å²) < 4.78 is 7.26. The highest BCUT2D eigenvalue weighted by atomic mass is 16.5. The Balaban J connectivity index is 1.66. The number of hydrogen-bond donors (Lipinski definition) is 0. The van der Waals surface area contributed by atoms with Crippen LogP contribution < -0.4 is 0 Å². The van der Waals surface area contributed by atoms with E-state index in [4.69, 9.17) is 4.74 Å². The molecule has 2 aromatic heterocycles. The molecule has 0 spiro atoms. The van der Waals surface area contributed by atoms with Gasteiger partial charge in [0.15, 0.2) is 5.65 Å². The second-order valence-electron chi connectivity index (χ2n) is 6.40. The van der Waals surface area contributed by atoms with E-state index in [0.717, 1.165) is 39.4 Å². The first kappa shape index (κ1) is 17.1. The maximum atomic E-state index is 12.1. The van der Waals surface area contributed by atoms with Gasteiger partial charge >= 0.3 is 5.97 Å². The zero-order chi connectivity index (χ0) is 18.0. The minimum absolute atomic E-state index is 0.196. The van der Waals surface area contributed by atoms with Crippen molar-refractivity contribution in [1.29, 1.82) is 0 Å². The molecular weight excluding hydrogens is 314 g/mol. The number of rotatable bonds is 5. The molecule has 0 bridgehead atoms. The Bertz CT molecular complexity index is 928. The number of carbonyl (C=O) groups is 1. The summed E-state index contributed by atoms with van der Waals surface area (Å²) in [4.78, 5) is 16.7. The van der Waals surface area contributed by atoms with Crippen molar-refractivity contribution in [3.05, 3.63) is 64.1 Å². The second kappa shape index (κ2) is 7.05. The van der Waals surface area contributed by atoms with E-state index in [1.807, 2.05) is 62.5 Å². The van der Waals surface area contributed by atoms with E-state index in [0.29, 0.717) is 19.4 Å². The lowest BCUT2D eigenvalue weighted by molar-refractivity contribution is -0.144. The van der Waals surface area contributed by atoms with Crippen LogP contribution in [0.15, 0.2) is 30.3 Å². The molecule has 0 unspecified atom stereocenters. The van der Waals surface area contributed by atoms with Gasteiger partial charge in [-0.3, -0.25) is 4.79 Å². The zero-order valence-corrected chi connectivity index (χ0v) is 15.2. The van der Waals surface area contributed by atoms with Crippen LogP contribution in [0, 0.1) is 27.7 Å². The molecule has 0 amide bonds. The fourth-order valence-corrected chi connectivity index (χ4v) is 3.03. The molecular formula is C20H23N3O2. The van der Waals surface area contributed by atoms with Crippen molar-refractivity contribution in [2.45, 2.75) is 47.1 Å². The summed E-state index contributed by atoms with van der Waals surface area (Å²) >= 11 is 0. The van der Waals surface area contributed by atoms with Crippen LogP contribution in [-0.2, 0) is 22.6 Å². The Labute approximate surface area is 147 Å². The van der Waals surface area contributed by atoms with Gasteiger partial charge in [0.25, 0.3) is 0 Å². The monoisotopic (exact) mass is 337 g/mol. The fourth-order valence-electron chi connectivity index (χ4n) is 3.03. The van der Waals surface area contributed by atoms with E-state index in [1.54, 1.807) is 0 Å². The van der Waals surface area contributed by atoms with Gasteiger partial charge in [-0.2, -0.15) is 5.10 Å². The third-order valence-electron chi connectivity index (χ3n) is 4.52. The number of ether oxygens (including phenoxy) is 1. The first-order valence-corrected chi connectivity index (χ1v) is 8.48. The molecule has 25 heavy (non-hydrogen) atoms. The van der Waals surface area contributed by atoms with E-state index in [2.05, 4.69) is 10.1 Å². The quantitative estimate of drug-likeness (QED) is 0.667. The molecule has 1 aromatic carbocycles. The van der Waals surface area contributed by atoms with Crippen LogP contribution in [-0.4, -0.2) is 20.6 Å². The minimum Gasteiger partial charge on any atom is -0.461 e. The van der Waals surface area contributed by atoms with E-state index < -0.39 is 0 Å². The lowest BCUT2D eigenvalue weighted by atomic mass is 10.1. The number of aromatic nitrogens is 3. The van der Waals surface area contributed by atoms with Crippen molar-refractivity contribution < 1.29 is 9.53 Å². The van der Waals surface area contributed by atoms with Gasteiger partial charge in [-0.25, -0.2) is 9.50 Å². The Morgan fingerprint density at radius 1 is 1.16 bits per heavy atom. The van der Waals surface area contributed by atoms with Crippen molar-refractivity contribution in [2.24, 2.45) is 0 Å². The molecule has 5 heteroatoms. The van der Waals surface area contributed by atoms with Crippen LogP contribution in [0.2, 0.25) is 0 Å². The van der Waals surface area contributed by atoms with Gasteiger partial charge in [-0.1, -0.05) is 24.3 Å². The van der Waals surface area contributed by atoms with Crippen LogP contribution in [0.4, 0.5) is 0 Å². The predicted octanol–water partition coefficient (Wildman–Crippen LogP) is 3.64. The number of fused-ring (bicyclic) bond motifs is 1. The summed E-state index contributed by atoms with van der Waals surface area (Å²) in [5.74, 6) is -0.196. The van der Waals surface area contributed by atoms with Gasteiger partial charge in [0.1, 0.15) is 6.61 Å². The standard InChI is InChI=1S/C20H23N3O2/c1-13-7-5-6-8-17(13)12-25-20(24)10-9-18-15(3)21-19-11-14(2)22-23(19)16(18)4/h5-8,11H,9-10,12H2,1-4H3. The number of esters is 1. The summed E-state index contributed by atoms with van der Waals surface area (Å²) in [6.45, 7) is 8.28. The van der Waals surface area contributed by atoms with Crippen LogP contribution >= 0.6 is 0 Å². The third kappa shape index (κ3) is 3.71.